The quantitative estimate of drug-likeness (QED) is 0.0908. The van der Waals surface area contributed by atoms with Gasteiger partial charge in [0.15, 0.2) is 5.13 Å². The van der Waals surface area contributed by atoms with Crippen molar-refractivity contribution < 1.29 is 38.2 Å². The van der Waals surface area contributed by atoms with Crippen molar-refractivity contribution in [1.82, 2.24) is 20.5 Å². The van der Waals surface area contributed by atoms with E-state index in [1.807, 2.05) is 62.4 Å². The maximum Gasteiger partial charge on any atom is 0.264 e. The Morgan fingerprint density at radius 3 is 2.48 bits per heavy atom. The summed E-state index contributed by atoms with van der Waals surface area (Å²) in [6.07, 6.45) is 3.88. The monoisotopic (exact) mass is 806 g/mol. The number of imide groups is 2. The lowest BCUT2D eigenvalue weighted by atomic mass is 9.83. The van der Waals surface area contributed by atoms with Crippen molar-refractivity contribution in [2.45, 2.75) is 76.8 Å². The third kappa shape index (κ3) is 9.27. The number of anilines is 2. The average molecular weight is 807 g/mol. The van der Waals surface area contributed by atoms with Gasteiger partial charge in [-0.2, -0.15) is 0 Å². The number of nitrogens with zero attached hydrogens (tertiary/aromatic N) is 2. The molecule has 1 unspecified atom stereocenters. The van der Waals surface area contributed by atoms with Gasteiger partial charge in [0.2, 0.25) is 17.7 Å². The number of hydrogen-bond acceptors (Lipinski definition) is 11. The number of benzene rings is 3. The summed E-state index contributed by atoms with van der Waals surface area (Å²) in [5.41, 5.74) is 4.34. The third-order valence-corrected chi connectivity index (χ3v) is 11.6. The van der Waals surface area contributed by atoms with Crippen LogP contribution in [0.3, 0.4) is 0 Å². The molecule has 1 saturated heterocycles. The van der Waals surface area contributed by atoms with E-state index < -0.39 is 29.7 Å². The van der Waals surface area contributed by atoms with Crippen molar-refractivity contribution in [3.8, 4) is 5.75 Å². The van der Waals surface area contributed by atoms with E-state index in [0.717, 1.165) is 52.3 Å². The van der Waals surface area contributed by atoms with E-state index in [-0.39, 0.29) is 74.0 Å². The van der Waals surface area contributed by atoms with Crippen molar-refractivity contribution in [3.63, 3.8) is 0 Å². The Labute approximate surface area is 340 Å². The number of nitrogens with one attached hydrogen (secondary N) is 4. The zero-order valence-corrected chi connectivity index (χ0v) is 33.2. The molecule has 6 amide bonds. The third-order valence-electron chi connectivity index (χ3n) is 10.7. The topological polar surface area (TPSA) is 185 Å². The Kier molecular flexibility index (Phi) is 12.6. The van der Waals surface area contributed by atoms with E-state index in [2.05, 4.69) is 21.3 Å². The van der Waals surface area contributed by atoms with Gasteiger partial charge in [0.25, 0.3) is 17.7 Å². The minimum Gasteiger partial charge on any atom is -0.491 e. The van der Waals surface area contributed by atoms with Gasteiger partial charge in [0.1, 0.15) is 18.4 Å². The summed E-state index contributed by atoms with van der Waals surface area (Å²) >= 11 is 1.48. The maximum atomic E-state index is 13.3. The molecule has 3 aliphatic rings. The molecule has 15 heteroatoms. The highest BCUT2D eigenvalue weighted by Gasteiger charge is 2.45. The lowest BCUT2D eigenvalue weighted by Crippen LogP contribution is -2.54. The van der Waals surface area contributed by atoms with Crippen LogP contribution in [0.4, 0.5) is 10.8 Å². The largest absolute Gasteiger partial charge is 0.491 e. The fraction of sp³-hybridized carbons (Fsp3) is 0.372. The van der Waals surface area contributed by atoms with Gasteiger partial charge in [-0.15, -0.1) is 11.3 Å². The number of aromatic nitrogens is 1. The first-order chi connectivity index (χ1) is 28.0. The lowest BCUT2D eigenvalue weighted by molar-refractivity contribution is -0.136. The Morgan fingerprint density at radius 1 is 0.897 bits per heavy atom. The van der Waals surface area contributed by atoms with Gasteiger partial charge in [-0.05, 0) is 87.4 Å². The first-order valence-electron chi connectivity index (χ1n) is 19.6. The molecule has 0 radical (unpaired) electrons. The molecule has 4 N–H and O–H groups in total. The van der Waals surface area contributed by atoms with Crippen LogP contribution < -0.4 is 26.0 Å². The van der Waals surface area contributed by atoms with Crippen molar-refractivity contribution in [3.05, 3.63) is 105 Å². The first kappa shape index (κ1) is 40.3. The minimum absolute atomic E-state index is 0.0262. The number of piperidine rings is 1. The second-order valence-electron chi connectivity index (χ2n) is 14.7. The molecule has 3 aromatic carbocycles. The molecule has 7 rings (SSSR count). The highest BCUT2D eigenvalue weighted by molar-refractivity contribution is 7.15. The van der Waals surface area contributed by atoms with E-state index >= 15 is 0 Å². The van der Waals surface area contributed by atoms with Gasteiger partial charge in [-0.25, -0.2) is 4.98 Å². The molecule has 0 spiro atoms. The zero-order valence-electron chi connectivity index (χ0n) is 32.4. The highest BCUT2D eigenvalue weighted by atomic mass is 32.1. The normalized spacial score (nSPS) is 19.1. The number of hydrogen-bond donors (Lipinski definition) is 4. The van der Waals surface area contributed by atoms with Gasteiger partial charge >= 0.3 is 0 Å². The predicted octanol–water partition coefficient (Wildman–Crippen LogP) is 5.31. The Hall–Kier alpha value is -5.93. The lowest BCUT2D eigenvalue weighted by Gasteiger charge is -2.28. The molecule has 0 bridgehead atoms. The molecule has 302 valence electrons. The van der Waals surface area contributed by atoms with Gasteiger partial charge in [0.05, 0.1) is 36.5 Å². The van der Waals surface area contributed by atoms with Crippen molar-refractivity contribution in [2.24, 2.45) is 0 Å². The average Bonchev–Trinajstić information content (AvgIpc) is 3.69. The van der Waals surface area contributed by atoms with Crippen LogP contribution in [0.25, 0.3) is 0 Å². The standard InChI is InChI=1S/C43H46N6O8S/c1-25-7-3-4-10-31(25)39(52)45-29-15-13-28(14-16-29)38-26(2)58-43(48-38)47-36(51)24-27-8-5-9-30(23-27)57-22-21-56-20-19-44-33-12-6-11-32-37(33)42(55)49(41(32)54)34-17-18-35(50)46-40(34)53/h3-12,23,28-29,34,44H,13-22,24H2,1-2H3,(H,45,52)(H,46,50,53)(H,47,48,51). The predicted molar refractivity (Wildman–Crippen MR) is 217 cm³/mol. The number of ether oxygens (including phenoxy) is 2. The van der Waals surface area contributed by atoms with E-state index in [0.29, 0.717) is 28.7 Å². The first-order valence-corrected chi connectivity index (χ1v) is 20.4. The van der Waals surface area contributed by atoms with Crippen LogP contribution in [0.1, 0.15) is 97.2 Å². The molecule has 1 saturated carbocycles. The van der Waals surface area contributed by atoms with Gasteiger partial charge in [-0.3, -0.25) is 39.0 Å². The number of rotatable bonds is 15. The van der Waals surface area contributed by atoms with Crippen molar-refractivity contribution in [1.29, 1.82) is 0 Å². The number of carbonyl (C=O) groups is 6. The second-order valence-corrected chi connectivity index (χ2v) is 15.9. The van der Waals surface area contributed by atoms with Crippen molar-refractivity contribution in [2.75, 3.05) is 37.0 Å². The number of fused-ring (bicyclic) bond motifs is 1. The molecule has 2 aliphatic heterocycles. The Balaban J connectivity index is 0.813. The second kappa shape index (κ2) is 18.1. The van der Waals surface area contributed by atoms with Gasteiger partial charge in [-0.1, -0.05) is 36.4 Å². The van der Waals surface area contributed by atoms with Gasteiger partial charge < -0.3 is 25.4 Å². The summed E-state index contributed by atoms with van der Waals surface area (Å²) in [5.74, 6) is -1.53. The highest BCUT2D eigenvalue weighted by Crippen LogP contribution is 2.37. The minimum atomic E-state index is -1.03. The maximum absolute atomic E-state index is 13.3. The number of carbonyl (C=O) groups excluding carboxylic acids is 6. The molecule has 14 nitrogen and oxygen atoms in total. The Bertz CT molecular complexity index is 2230. The zero-order chi connectivity index (χ0) is 40.8. The molecular weight excluding hydrogens is 761 g/mol. The van der Waals surface area contributed by atoms with Crippen molar-refractivity contribution >= 4 is 57.6 Å². The summed E-state index contributed by atoms with van der Waals surface area (Å²) in [7, 11) is 0. The summed E-state index contributed by atoms with van der Waals surface area (Å²) < 4.78 is 11.6. The van der Waals surface area contributed by atoms with E-state index in [9.17, 15) is 28.8 Å². The summed E-state index contributed by atoms with van der Waals surface area (Å²) in [4.78, 5) is 83.0. The van der Waals surface area contributed by atoms with Crippen LogP contribution in [-0.2, 0) is 25.5 Å². The molecule has 1 atom stereocenters. The van der Waals surface area contributed by atoms with Gasteiger partial charge in [0, 0.05) is 41.1 Å². The summed E-state index contributed by atoms with van der Waals surface area (Å²) in [6, 6.07) is 18.9. The number of thiazole rings is 1. The molecule has 58 heavy (non-hydrogen) atoms. The fourth-order valence-electron chi connectivity index (χ4n) is 7.78. The van der Waals surface area contributed by atoms with E-state index in [1.54, 1.807) is 18.2 Å². The van der Waals surface area contributed by atoms with Crippen LogP contribution >= 0.6 is 11.3 Å². The SMILES string of the molecule is Cc1ccccc1C(=O)NC1CCC(c2nc(NC(=O)Cc3cccc(OCCOCCNc4cccc5c4C(=O)N(C4CCC(=O)NC4=O)C5=O)c3)sc2C)CC1. The molecule has 3 heterocycles. The summed E-state index contributed by atoms with van der Waals surface area (Å²) in [5, 5.41) is 12.1. The van der Waals surface area contributed by atoms with E-state index in [1.165, 1.54) is 11.3 Å². The van der Waals surface area contributed by atoms with Crippen LogP contribution in [0.15, 0.2) is 66.7 Å². The molecular formula is C43H46N6O8S. The molecule has 4 aromatic rings. The Morgan fingerprint density at radius 2 is 1.69 bits per heavy atom. The summed E-state index contributed by atoms with van der Waals surface area (Å²) in [6.45, 7) is 5.17. The smallest absolute Gasteiger partial charge is 0.264 e. The molecule has 1 aliphatic carbocycles. The van der Waals surface area contributed by atoms with Crippen LogP contribution in [0.2, 0.25) is 0 Å². The fourth-order valence-corrected chi connectivity index (χ4v) is 8.69. The molecule has 2 fully saturated rings. The van der Waals surface area contributed by atoms with Crippen LogP contribution in [-0.4, -0.2) is 83.8 Å². The molecule has 1 aromatic heterocycles. The van der Waals surface area contributed by atoms with Crippen LogP contribution in [0, 0.1) is 13.8 Å². The van der Waals surface area contributed by atoms with Crippen LogP contribution in [0.5, 0.6) is 5.75 Å². The van der Waals surface area contributed by atoms with E-state index in [4.69, 9.17) is 14.5 Å². The number of amides is 6. The number of aryl methyl sites for hydroxylation is 2.